The van der Waals surface area contributed by atoms with Gasteiger partial charge in [-0.2, -0.15) is 5.10 Å². The molecule has 124 valence electrons. The number of halogens is 1. The molecular formula is C16H26BrN3O2. The first-order valence-corrected chi connectivity index (χ1v) is 8.45. The Morgan fingerprint density at radius 1 is 1.41 bits per heavy atom. The summed E-state index contributed by atoms with van der Waals surface area (Å²) in [5, 5.41) is 4.49. The van der Waals surface area contributed by atoms with Crippen LogP contribution in [0.5, 0.6) is 0 Å². The van der Waals surface area contributed by atoms with Crippen LogP contribution in [0.4, 0.5) is 0 Å². The van der Waals surface area contributed by atoms with E-state index in [1.54, 1.807) is 0 Å². The molecule has 2 heterocycles. The van der Waals surface area contributed by atoms with E-state index in [4.69, 9.17) is 0 Å². The zero-order chi connectivity index (χ0) is 16.5. The third kappa shape index (κ3) is 4.10. The first kappa shape index (κ1) is 17.5. The van der Waals surface area contributed by atoms with E-state index in [0.29, 0.717) is 17.9 Å². The Morgan fingerprint density at radius 2 is 2.00 bits per heavy atom. The van der Waals surface area contributed by atoms with Gasteiger partial charge in [-0.15, -0.1) is 0 Å². The summed E-state index contributed by atoms with van der Waals surface area (Å²) < 4.78 is 7.70. The van der Waals surface area contributed by atoms with Gasteiger partial charge in [0.05, 0.1) is 6.04 Å². The van der Waals surface area contributed by atoms with Crippen molar-refractivity contribution >= 4 is 22.4 Å². The molecule has 3 rings (SSSR count). The maximum Gasteiger partial charge on any atom is 0.293 e. The van der Waals surface area contributed by atoms with Crippen LogP contribution in [0.15, 0.2) is 10.7 Å². The van der Waals surface area contributed by atoms with Crippen molar-refractivity contribution in [3.05, 3.63) is 16.4 Å². The lowest BCUT2D eigenvalue weighted by molar-refractivity contribution is -0.138. The van der Waals surface area contributed by atoms with Gasteiger partial charge in [-0.05, 0) is 75.0 Å². The van der Waals surface area contributed by atoms with Crippen molar-refractivity contribution in [3.63, 3.8) is 0 Å². The molecule has 22 heavy (non-hydrogen) atoms. The van der Waals surface area contributed by atoms with E-state index in [-0.39, 0.29) is 5.60 Å². The SMILES string of the molecule is CC(C)(C)OC=O.Cc1cc(Br)nn1C1CC2(C1)CN(C)C2. The normalized spacial score (nSPS) is 20.6. The maximum atomic E-state index is 9.60. The Bertz CT molecular complexity index is 522. The van der Waals surface area contributed by atoms with Crippen molar-refractivity contribution in [3.8, 4) is 0 Å². The molecule has 1 aromatic rings. The van der Waals surface area contributed by atoms with E-state index < -0.39 is 0 Å². The number of carbonyl (C=O) groups excluding carboxylic acids is 1. The van der Waals surface area contributed by atoms with Crippen LogP contribution < -0.4 is 0 Å². The first-order valence-electron chi connectivity index (χ1n) is 7.66. The number of ether oxygens (including phenoxy) is 1. The van der Waals surface area contributed by atoms with Gasteiger partial charge < -0.3 is 9.64 Å². The minimum Gasteiger partial charge on any atom is -0.462 e. The van der Waals surface area contributed by atoms with E-state index in [0.717, 1.165) is 4.60 Å². The maximum absolute atomic E-state index is 9.60. The second kappa shape index (κ2) is 6.32. The van der Waals surface area contributed by atoms with Crippen molar-refractivity contribution < 1.29 is 9.53 Å². The van der Waals surface area contributed by atoms with Crippen molar-refractivity contribution in [2.45, 2.75) is 52.2 Å². The molecule has 1 saturated carbocycles. The van der Waals surface area contributed by atoms with Crippen LogP contribution in [0.3, 0.4) is 0 Å². The molecule has 1 aliphatic carbocycles. The van der Waals surface area contributed by atoms with Crippen LogP contribution in [-0.2, 0) is 9.53 Å². The van der Waals surface area contributed by atoms with Gasteiger partial charge in [-0.3, -0.25) is 9.48 Å². The highest BCUT2D eigenvalue weighted by atomic mass is 79.9. The molecule has 0 atom stereocenters. The van der Waals surface area contributed by atoms with Gasteiger partial charge in [0.15, 0.2) is 0 Å². The van der Waals surface area contributed by atoms with E-state index in [1.165, 1.54) is 31.6 Å². The first-order chi connectivity index (χ1) is 10.1. The summed E-state index contributed by atoms with van der Waals surface area (Å²) in [5.41, 5.74) is 1.60. The molecule has 1 aromatic heterocycles. The molecule has 1 spiro atoms. The van der Waals surface area contributed by atoms with Crippen LogP contribution in [0.25, 0.3) is 0 Å². The van der Waals surface area contributed by atoms with Crippen molar-refractivity contribution in [1.82, 2.24) is 14.7 Å². The second-order valence-corrected chi connectivity index (χ2v) is 8.43. The van der Waals surface area contributed by atoms with Gasteiger partial charge in [0, 0.05) is 18.8 Å². The Labute approximate surface area is 141 Å². The molecule has 1 aliphatic heterocycles. The number of rotatable bonds is 2. The Morgan fingerprint density at radius 3 is 2.32 bits per heavy atom. The van der Waals surface area contributed by atoms with Crippen LogP contribution in [-0.4, -0.2) is 46.9 Å². The van der Waals surface area contributed by atoms with Gasteiger partial charge in [-0.25, -0.2) is 0 Å². The molecule has 0 aromatic carbocycles. The molecule has 0 radical (unpaired) electrons. The molecule has 6 heteroatoms. The van der Waals surface area contributed by atoms with Crippen LogP contribution in [0.1, 0.15) is 45.3 Å². The topological polar surface area (TPSA) is 47.4 Å². The van der Waals surface area contributed by atoms with E-state index >= 15 is 0 Å². The number of likely N-dealkylation sites (tertiary alicyclic amines) is 1. The fourth-order valence-corrected chi connectivity index (χ4v) is 3.94. The highest BCUT2D eigenvalue weighted by molar-refractivity contribution is 9.10. The smallest absolute Gasteiger partial charge is 0.293 e. The summed E-state index contributed by atoms with van der Waals surface area (Å²) in [6, 6.07) is 2.74. The minimum absolute atomic E-state index is 0.318. The molecule has 0 amide bonds. The van der Waals surface area contributed by atoms with E-state index in [1.807, 2.05) is 20.8 Å². The molecule has 2 aliphatic rings. The number of hydrogen-bond donors (Lipinski definition) is 0. The fraction of sp³-hybridized carbons (Fsp3) is 0.750. The number of aryl methyl sites for hydroxylation is 1. The predicted octanol–water partition coefficient (Wildman–Crippen LogP) is 3.18. The molecular weight excluding hydrogens is 346 g/mol. The highest BCUT2D eigenvalue weighted by Crippen LogP contribution is 2.53. The zero-order valence-corrected chi connectivity index (χ0v) is 15.7. The number of nitrogens with zero attached hydrogens (tertiary/aromatic N) is 3. The lowest BCUT2D eigenvalue weighted by Gasteiger charge is -2.58. The van der Waals surface area contributed by atoms with Gasteiger partial charge in [0.25, 0.3) is 6.47 Å². The summed E-state index contributed by atoms with van der Waals surface area (Å²) in [6.07, 6.45) is 2.62. The quantitative estimate of drug-likeness (QED) is 0.749. The van der Waals surface area contributed by atoms with E-state index in [9.17, 15) is 4.79 Å². The molecule has 0 bridgehead atoms. The molecule has 2 fully saturated rings. The van der Waals surface area contributed by atoms with Crippen LogP contribution in [0, 0.1) is 12.3 Å². The number of hydrogen-bond acceptors (Lipinski definition) is 4. The second-order valence-electron chi connectivity index (χ2n) is 7.61. The van der Waals surface area contributed by atoms with Crippen molar-refractivity contribution in [2.75, 3.05) is 20.1 Å². The third-order valence-electron chi connectivity index (χ3n) is 4.19. The monoisotopic (exact) mass is 371 g/mol. The number of aromatic nitrogens is 2. The summed E-state index contributed by atoms with van der Waals surface area (Å²) in [6.45, 7) is 10.6. The van der Waals surface area contributed by atoms with Gasteiger partial charge in [0.1, 0.15) is 10.2 Å². The highest BCUT2D eigenvalue weighted by Gasteiger charge is 2.52. The van der Waals surface area contributed by atoms with E-state index in [2.05, 4.69) is 55.4 Å². The Kier molecular flexibility index (Phi) is 5.02. The van der Waals surface area contributed by atoms with Gasteiger partial charge in [0.2, 0.25) is 0 Å². The van der Waals surface area contributed by atoms with Crippen LogP contribution >= 0.6 is 15.9 Å². The molecule has 1 saturated heterocycles. The largest absolute Gasteiger partial charge is 0.462 e. The lowest BCUT2D eigenvalue weighted by Crippen LogP contribution is -2.60. The predicted molar refractivity (Wildman–Crippen MR) is 89.8 cm³/mol. The molecule has 5 nitrogen and oxygen atoms in total. The summed E-state index contributed by atoms with van der Waals surface area (Å²) in [4.78, 5) is 12.0. The average molecular weight is 372 g/mol. The zero-order valence-electron chi connectivity index (χ0n) is 14.1. The summed E-state index contributed by atoms with van der Waals surface area (Å²) >= 11 is 3.43. The van der Waals surface area contributed by atoms with Crippen molar-refractivity contribution in [1.29, 1.82) is 0 Å². The standard InChI is InChI=1S/C11H16BrN3.C5H10O2/c1-8-3-10(12)13-15(8)9-4-11(5-9)6-14(2)7-11;1-5(2,3)7-4-6/h3,9H,4-7H2,1-2H3;4H,1-3H3. The lowest BCUT2D eigenvalue weighted by atomic mass is 9.61. The molecule has 0 unspecified atom stereocenters. The third-order valence-corrected chi connectivity index (χ3v) is 4.58. The van der Waals surface area contributed by atoms with Crippen LogP contribution in [0.2, 0.25) is 0 Å². The van der Waals surface area contributed by atoms with Crippen molar-refractivity contribution in [2.24, 2.45) is 5.41 Å². The summed E-state index contributed by atoms with van der Waals surface area (Å²) in [7, 11) is 2.20. The van der Waals surface area contributed by atoms with Gasteiger partial charge in [-0.1, -0.05) is 0 Å². The minimum atomic E-state index is -0.318. The average Bonchev–Trinajstić information content (AvgIpc) is 2.60. The number of carbonyl (C=O) groups is 1. The van der Waals surface area contributed by atoms with Gasteiger partial charge >= 0.3 is 0 Å². The fourth-order valence-electron chi connectivity index (χ4n) is 3.43. The Hall–Kier alpha value is -0.880. The summed E-state index contributed by atoms with van der Waals surface area (Å²) in [5.74, 6) is 0. The molecule has 0 N–H and O–H groups in total. The Balaban J connectivity index is 0.000000217.